The van der Waals surface area contributed by atoms with Gasteiger partial charge in [-0.3, -0.25) is 4.40 Å². The van der Waals surface area contributed by atoms with Gasteiger partial charge in [0.05, 0.1) is 17.7 Å². The first kappa shape index (κ1) is 9.29. The third-order valence-corrected chi connectivity index (χ3v) is 2.92. The Morgan fingerprint density at radius 2 is 2.31 bits per heavy atom. The monoisotopic (exact) mass is 232 g/mol. The fourth-order valence-corrected chi connectivity index (χ4v) is 2.09. The predicted molar refractivity (Wildman–Crippen MR) is 60.7 cm³/mol. The Kier molecular flexibility index (Phi) is 2.07. The van der Waals surface area contributed by atoms with E-state index in [-0.39, 0.29) is 5.69 Å². The number of nitrogens with zero attached hydrogens (tertiary/aromatic N) is 4. The molecule has 0 spiro atoms. The normalized spacial score (nSPS) is 11.0. The van der Waals surface area contributed by atoms with Crippen molar-refractivity contribution in [1.82, 2.24) is 19.2 Å². The molecule has 0 saturated heterocycles. The molecule has 80 valence electrons. The van der Waals surface area contributed by atoms with Gasteiger partial charge in [-0.1, -0.05) is 6.07 Å². The number of aromatic nitrogens is 4. The SMILES string of the molecule is O=c1n(Cc2cscn2)nc2ccccn12. The molecule has 0 aliphatic carbocycles. The Hall–Kier alpha value is -1.95. The van der Waals surface area contributed by atoms with Crippen molar-refractivity contribution in [3.05, 3.63) is 51.5 Å². The summed E-state index contributed by atoms with van der Waals surface area (Å²) in [5, 5.41) is 6.13. The summed E-state index contributed by atoms with van der Waals surface area (Å²) in [6.07, 6.45) is 1.71. The standard InChI is InChI=1S/C10H8N4OS/c15-10-13-4-2-1-3-9(13)12-14(10)5-8-6-16-7-11-8/h1-4,6-7H,5H2. The molecule has 0 fully saturated rings. The summed E-state index contributed by atoms with van der Waals surface area (Å²) in [6, 6.07) is 5.47. The first-order valence-corrected chi connectivity index (χ1v) is 5.70. The molecule has 3 heterocycles. The van der Waals surface area contributed by atoms with Crippen molar-refractivity contribution in [2.75, 3.05) is 0 Å². The van der Waals surface area contributed by atoms with Gasteiger partial charge in [-0.15, -0.1) is 16.4 Å². The highest BCUT2D eigenvalue weighted by Gasteiger charge is 2.06. The Labute approximate surface area is 94.6 Å². The molecular weight excluding hydrogens is 224 g/mol. The van der Waals surface area contributed by atoms with Crippen LogP contribution in [0, 0.1) is 0 Å². The van der Waals surface area contributed by atoms with Crippen LogP contribution in [0.4, 0.5) is 0 Å². The second-order valence-electron chi connectivity index (χ2n) is 3.35. The van der Waals surface area contributed by atoms with E-state index in [1.165, 1.54) is 20.4 Å². The van der Waals surface area contributed by atoms with E-state index in [2.05, 4.69) is 10.1 Å². The van der Waals surface area contributed by atoms with Crippen LogP contribution in [0.25, 0.3) is 5.65 Å². The van der Waals surface area contributed by atoms with Crippen LogP contribution in [0.5, 0.6) is 0 Å². The summed E-state index contributed by atoms with van der Waals surface area (Å²) in [5.41, 5.74) is 3.12. The number of hydrogen-bond donors (Lipinski definition) is 0. The molecule has 3 aromatic rings. The van der Waals surface area contributed by atoms with Gasteiger partial charge >= 0.3 is 5.69 Å². The molecule has 5 nitrogen and oxygen atoms in total. The minimum absolute atomic E-state index is 0.136. The van der Waals surface area contributed by atoms with Gasteiger partial charge in [-0.25, -0.2) is 14.5 Å². The largest absolute Gasteiger partial charge is 0.350 e. The molecule has 6 heteroatoms. The van der Waals surface area contributed by atoms with Crippen molar-refractivity contribution < 1.29 is 0 Å². The van der Waals surface area contributed by atoms with E-state index in [1.54, 1.807) is 17.8 Å². The zero-order chi connectivity index (χ0) is 11.0. The van der Waals surface area contributed by atoms with Crippen LogP contribution < -0.4 is 5.69 Å². The second kappa shape index (κ2) is 3.57. The molecule has 0 aliphatic heterocycles. The van der Waals surface area contributed by atoms with Crippen LogP contribution in [0.2, 0.25) is 0 Å². The van der Waals surface area contributed by atoms with Gasteiger partial charge < -0.3 is 0 Å². The molecule has 0 aliphatic rings. The first-order chi connectivity index (χ1) is 7.84. The molecule has 0 saturated carbocycles. The Bertz CT molecular complexity index is 668. The number of fused-ring (bicyclic) bond motifs is 1. The molecule has 0 N–H and O–H groups in total. The van der Waals surface area contributed by atoms with Gasteiger partial charge in [0.1, 0.15) is 0 Å². The maximum atomic E-state index is 11.9. The average Bonchev–Trinajstić information content (AvgIpc) is 2.90. The molecule has 3 aromatic heterocycles. The molecule has 0 radical (unpaired) electrons. The number of pyridine rings is 1. The zero-order valence-electron chi connectivity index (χ0n) is 8.28. The third-order valence-electron chi connectivity index (χ3n) is 2.28. The smallest absolute Gasteiger partial charge is 0.250 e. The van der Waals surface area contributed by atoms with Gasteiger partial charge in [0.15, 0.2) is 5.65 Å². The van der Waals surface area contributed by atoms with Crippen molar-refractivity contribution in [2.24, 2.45) is 0 Å². The Balaban J connectivity index is 2.11. The summed E-state index contributed by atoms with van der Waals surface area (Å²) in [5.74, 6) is 0. The molecule has 0 unspecified atom stereocenters. The van der Waals surface area contributed by atoms with Crippen molar-refractivity contribution in [3.63, 3.8) is 0 Å². The van der Waals surface area contributed by atoms with Gasteiger partial charge in [-0.2, -0.15) is 0 Å². The predicted octanol–water partition coefficient (Wildman–Crippen LogP) is 1.00. The topological polar surface area (TPSA) is 52.2 Å². The van der Waals surface area contributed by atoms with Crippen molar-refractivity contribution in [1.29, 1.82) is 0 Å². The molecular formula is C10H8N4OS. The lowest BCUT2D eigenvalue weighted by Crippen LogP contribution is -2.21. The van der Waals surface area contributed by atoms with Gasteiger partial charge in [0.2, 0.25) is 0 Å². The van der Waals surface area contributed by atoms with E-state index in [4.69, 9.17) is 0 Å². The fraction of sp³-hybridized carbons (Fsp3) is 0.100. The Morgan fingerprint density at radius 3 is 3.06 bits per heavy atom. The highest BCUT2D eigenvalue weighted by molar-refractivity contribution is 7.07. The summed E-state index contributed by atoms with van der Waals surface area (Å²) < 4.78 is 2.94. The molecule has 3 rings (SSSR count). The van der Waals surface area contributed by atoms with Crippen molar-refractivity contribution >= 4 is 17.0 Å². The second-order valence-corrected chi connectivity index (χ2v) is 4.07. The number of rotatable bonds is 2. The van der Waals surface area contributed by atoms with Crippen molar-refractivity contribution in [2.45, 2.75) is 6.54 Å². The summed E-state index contributed by atoms with van der Waals surface area (Å²) >= 11 is 1.51. The fourth-order valence-electron chi connectivity index (χ4n) is 1.54. The van der Waals surface area contributed by atoms with Crippen molar-refractivity contribution in [3.8, 4) is 0 Å². The summed E-state index contributed by atoms with van der Waals surface area (Å²) in [7, 11) is 0. The minimum atomic E-state index is -0.136. The molecule has 0 amide bonds. The van der Waals surface area contributed by atoms with Crippen LogP contribution >= 0.6 is 11.3 Å². The van der Waals surface area contributed by atoms with Gasteiger partial charge in [0.25, 0.3) is 0 Å². The number of thiazole rings is 1. The average molecular weight is 232 g/mol. The molecule has 0 atom stereocenters. The van der Waals surface area contributed by atoms with Crippen LogP contribution in [0.1, 0.15) is 5.69 Å². The van der Waals surface area contributed by atoms with Gasteiger partial charge in [0, 0.05) is 11.6 Å². The quantitative estimate of drug-likeness (QED) is 0.662. The molecule has 16 heavy (non-hydrogen) atoms. The highest BCUT2D eigenvalue weighted by Crippen LogP contribution is 2.02. The van der Waals surface area contributed by atoms with E-state index in [0.29, 0.717) is 12.2 Å². The maximum Gasteiger partial charge on any atom is 0.350 e. The van der Waals surface area contributed by atoms with Crippen LogP contribution in [0.3, 0.4) is 0 Å². The summed E-state index contributed by atoms with van der Waals surface area (Å²) in [4.78, 5) is 16.0. The zero-order valence-corrected chi connectivity index (χ0v) is 9.09. The van der Waals surface area contributed by atoms with E-state index in [0.717, 1.165) is 5.69 Å². The highest BCUT2D eigenvalue weighted by atomic mass is 32.1. The van der Waals surface area contributed by atoms with Crippen LogP contribution in [-0.4, -0.2) is 19.2 Å². The van der Waals surface area contributed by atoms with E-state index in [9.17, 15) is 4.79 Å². The van der Waals surface area contributed by atoms with Crippen LogP contribution in [0.15, 0.2) is 40.1 Å². The molecule has 0 aromatic carbocycles. The maximum absolute atomic E-state index is 11.9. The van der Waals surface area contributed by atoms with Gasteiger partial charge in [-0.05, 0) is 12.1 Å². The van der Waals surface area contributed by atoms with E-state index < -0.39 is 0 Å². The Morgan fingerprint density at radius 1 is 1.38 bits per heavy atom. The van der Waals surface area contributed by atoms with E-state index >= 15 is 0 Å². The third kappa shape index (κ3) is 1.43. The number of hydrogen-bond acceptors (Lipinski definition) is 4. The first-order valence-electron chi connectivity index (χ1n) is 4.76. The minimum Gasteiger partial charge on any atom is -0.250 e. The lowest BCUT2D eigenvalue weighted by Gasteiger charge is -1.93. The van der Waals surface area contributed by atoms with E-state index in [1.807, 2.05) is 17.5 Å². The molecule has 0 bridgehead atoms. The lowest BCUT2D eigenvalue weighted by atomic mass is 10.5. The lowest BCUT2D eigenvalue weighted by molar-refractivity contribution is 0.649. The van der Waals surface area contributed by atoms with Crippen LogP contribution in [-0.2, 0) is 6.54 Å². The summed E-state index contributed by atoms with van der Waals surface area (Å²) in [6.45, 7) is 0.421.